The summed E-state index contributed by atoms with van der Waals surface area (Å²) in [6.45, 7) is 6.01. The number of carbonyl (C=O) groups is 3. The van der Waals surface area contributed by atoms with Crippen LogP contribution in [0.3, 0.4) is 0 Å². The summed E-state index contributed by atoms with van der Waals surface area (Å²) in [5.74, 6) is -0.803. The van der Waals surface area contributed by atoms with Crippen LogP contribution in [0.1, 0.15) is 121 Å². The second-order valence-corrected chi connectivity index (χ2v) is 18.2. The summed E-state index contributed by atoms with van der Waals surface area (Å²) in [6, 6.07) is 5.95. The van der Waals surface area contributed by atoms with E-state index in [9.17, 15) is 23.9 Å². The van der Waals surface area contributed by atoms with Crippen LogP contribution < -0.4 is 10.6 Å². The minimum absolute atomic E-state index is 0.0230. The van der Waals surface area contributed by atoms with Gasteiger partial charge in [-0.3, -0.25) is 14.4 Å². The molecule has 0 spiro atoms. The van der Waals surface area contributed by atoms with Crippen LogP contribution in [0.2, 0.25) is 0 Å². The number of β-amino-alcohol motifs (C(OH)–C–C–N with tert-alkyl or cyclic N) is 1. The number of rotatable bonds is 23. The molecule has 1 aromatic carbocycles. The van der Waals surface area contributed by atoms with E-state index in [1.165, 1.54) is 69.1 Å². The first-order chi connectivity index (χ1) is 24.4. The summed E-state index contributed by atoms with van der Waals surface area (Å²) in [4.78, 5) is 47.5. The molecule has 3 amide bonds. The van der Waals surface area contributed by atoms with Gasteiger partial charge in [-0.25, -0.2) is 9.37 Å². The van der Waals surface area contributed by atoms with Crippen LogP contribution >= 0.6 is 39.0 Å². The fourth-order valence-electron chi connectivity index (χ4n) is 6.64. The van der Waals surface area contributed by atoms with Crippen molar-refractivity contribution in [3.63, 3.8) is 0 Å². The van der Waals surface area contributed by atoms with Crippen molar-refractivity contribution in [2.24, 2.45) is 0 Å². The number of aromatic nitrogens is 1. The number of alkyl halides is 2. The molecule has 2 aliphatic rings. The third-order valence-electron chi connectivity index (χ3n) is 10.1. The molecule has 2 fully saturated rings. The van der Waals surface area contributed by atoms with Crippen LogP contribution in [0, 0.1) is 6.92 Å². The van der Waals surface area contributed by atoms with Crippen molar-refractivity contribution < 1.29 is 23.9 Å². The Labute approximate surface area is 321 Å². The summed E-state index contributed by atoms with van der Waals surface area (Å²) in [5.41, 5.74) is 2.81. The number of unbranched alkanes of at least 4 members (excludes halogenated alkanes) is 11. The summed E-state index contributed by atoms with van der Waals surface area (Å²) in [5, 5.41) is 17.4. The molecule has 51 heavy (non-hydrogen) atoms. The number of halogens is 2. The molecule has 3 atom stereocenters. The maximum atomic E-state index is 14.9. The molecule has 8 nitrogen and oxygen atoms in total. The van der Waals surface area contributed by atoms with Crippen LogP contribution in [0.25, 0.3) is 10.4 Å². The Balaban J connectivity index is 1.27. The number of benzene rings is 1. The number of thiazole rings is 1. The molecular formula is C39H58BrFN4O4S2. The Kier molecular flexibility index (Phi) is 16.7. The molecule has 2 aromatic rings. The van der Waals surface area contributed by atoms with E-state index in [0.717, 1.165) is 45.6 Å². The van der Waals surface area contributed by atoms with E-state index in [1.807, 2.05) is 50.5 Å². The fourth-order valence-corrected chi connectivity index (χ4v) is 9.05. The first-order valence-electron chi connectivity index (χ1n) is 18.9. The van der Waals surface area contributed by atoms with E-state index in [-0.39, 0.29) is 38.3 Å². The van der Waals surface area contributed by atoms with Crippen molar-refractivity contribution in [3.05, 3.63) is 41.0 Å². The van der Waals surface area contributed by atoms with Gasteiger partial charge in [0.25, 0.3) is 5.91 Å². The smallest absolute Gasteiger partial charge is 0.258 e. The number of aliphatic hydroxyl groups excluding tert-OH is 1. The van der Waals surface area contributed by atoms with E-state index in [1.54, 1.807) is 23.1 Å². The van der Waals surface area contributed by atoms with E-state index in [0.29, 0.717) is 0 Å². The van der Waals surface area contributed by atoms with Gasteiger partial charge in [0.15, 0.2) is 5.67 Å². The Bertz CT molecular complexity index is 1400. The molecule has 3 N–H and O–H groups in total. The number of likely N-dealkylation sites (tertiary alicyclic amines) is 1. The van der Waals surface area contributed by atoms with Gasteiger partial charge in [-0.1, -0.05) is 104 Å². The number of hydrogen-bond donors (Lipinski definition) is 3. The third kappa shape index (κ3) is 12.8. The zero-order valence-electron chi connectivity index (χ0n) is 30.7. The standard InChI is InChI=1S/C39H58BrFN4O4S2/c1-28-33(50-27-43-28)30-18-16-29(17-19-30)25-42-35(47)32-24-31(46)26-45(32)36(48)34(44-37(49)39(41)20-21-39)38(2,3)51-23-15-13-11-9-7-5-4-6-8-10-12-14-22-40/h16-19,27,31-32,34,46H,4-15,20-26H2,1-3H3,(H,42,47)(H,44,49)/t31-,32+,34-/m1/s1. The maximum Gasteiger partial charge on any atom is 0.258 e. The van der Waals surface area contributed by atoms with E-state index in [2.05, 4.69) is 31.5 Å². The third-order valence-corrected chi connectivity index (χ3v) is 13.1. The number of amides is 3. The molecule has 0 radical (unpaired) electrons. The number of nitrogens with zero attached hydrogens (tertiary/aromatic N) is 2. The molecule has 0 bridgehead atoms. The lowest BCUT2D eigenvalue weighted by atomic mass is 10.00. The van der Waals surface area contributed by atoms with Gasteiger partial charge in [-0.15, -0.1) is 11.3 Å². The normalized spacial score (nSPS) is 18.8. The lowest BCUT2D eigenvalue weighted by Gasteiger charge is -2.37. The lowest BCUT2D eigenvalue weighted by molar-refractivity contribution is -0.143. The average Bonchev–Trinajstić information content (AvgIpc) is 3.52. The molecule has 1 saturated heterocycles. The average molecular weight is 810 g/mol. The largest absolute Gasteiger partial charge is 0.391 e. The highest BCUT2D eigenvalue weighted by Gasteiger charge is 2.54. The van der Waals surface area contributed by atoms with Crippen LogP contribution in [0.15, 0.2) is 29.8 Å². The first kappa shape index (κ1) is 41.7. The van der Waals surface area contributed by atoms with E-state index >= 15 is 0 Å². The van der Waals surface area contributed by atoms with Gasteiger partial charge in [-0.05, 0) is 63.3 Å². The molecule has 1 aliphatic carbocycles. The van der Waals surface area contributed by atoms with Gasteiger partial charge in [0.1, 0.15) is 12.1 Å². The SMILES string of the molecule is Cc1ncsc1-c1ccc(CNC(=O)[C@@H]2C[C@@H](O)CN2C(=O)[C@@H](NC(=O)C2(F)CC2)C(C)(C)SCCCCCCCCCCCCCCBr)cc1. The van der Waals surface area contributed by atoms with Crippen LogP contribution in [0.4, 0.5) is 4.39 Å². The first-order valence-corrected chi connectivity index (χ1v) is 21.9. The van der Waals surface area contributed by atoms with Crippen molar-refractivity contribution >= 4 is 56.8 Å². The van der Waals surface area contributed by atoms with E-state index in [4.69, 9.17) is 0 Å². The summed E-state index contributed by atoms with van der Waals surface area (Å²) < 4.78 is 14.1. The van der Waals surface area contributed by atoms with Gasteiger partial charge in [0.2, 0.25) is 11.8 Å². The highest BCUT2D eigenvalue weighted by atomic mass is 79.9. The van der Waals surface area contributed by atoms with Gasteiger partial charge in [-0.2, -0.15) is 11.8 Å². The number of nitrogens with one attached hydrogen (secondary N) is 2. The molecule has 1 saturated carbocycles. The molecule has 284 valence electrons. The Morgan fingerprint density at radius 3 is 2.16 bits per heavy atom. The topological polar surface area (TPSA) is 112 Å². The number of aliphatic hydroxyl groups is 1. The predicted molar refractivity (Wildman–Crippen MR) is 211 cm³/mol. The molecule has 2 heterocycles. The van der Waals surface area contributed by atoms with Crippen LogP contribution in [-0.2, 0) is 20.9 Å². The molecule has 1 aromatic heterocycles. The van der Waals surface area contributed by atoms with Crippen molar-refractivity contribution in [3.8, 4) is 10.4 Å². The van der Waals surface area contributed by atoms with Crippen molar-refractivity contribution in [1.82, 2.24) is 20.5 Å². The summed E-state index contributed by atoms with van der Waals surface area (Å²) in [7, 11) is 0. The second kappa shape index (κ2) is 20.4. The lowest BCUT2D eigenvalue weighted by Crippen LogP contribution is -2.61. The zero-order valence-corrected chi connectivity index (χ0v) is 33.9. The number of carbonyl (C=O) groups excluding carboxylic acids is 3. The second-order valence-electron chi connectivity index (χ2n) is 14.8. The molecular weight excluding hydrogens is 751 g/mol. The number of thioether (sulfide) groups is 1. The summed E-state index contributed by atoms with van der Waals surface area (Å²) in [6.07, 6.45) is 14.5. The Morgan fingerprint density at radius 2 is 1.61 bits per heavy atom. The van der Waals surface area contributed by atoms with Gasteiger partial charge < -0.3 is 20.6 Å². The van der Waals surface area contributed by atoms with E-state index < -0.39 is 40.4 Å². The maximum absolute atomic E-state index is 14.9. The highest BCUT2D eigenvalue weighted by molar-refractivity contribution is 9.09. The molecule has 12 heteroatoms. The fraction of sp³-hybridized carbons (Fsp3) is 0.692. The minimum atomic E-state index is -1.94. The Morgan fingerprint density at radius 1 is 1.02 bits per heavy atom. The van der Waals surface area contributed by atoms with Crippen molar-refractivity contribution in [1.29, 1.82) is 0 Å². The van der Waals surface area contributed by atoms with Gasteiger partial charge >= 0.3 is 0 Å². The van der Waals surface area contributed by atoms with Crippen molar-refractivity contribution in [2.75, 3.05) is 17.6 Å². The molecule has 1 aliphatic heterocycles. The van der Waals surface area contributed by atoms with Crippen molar-refractivity contribution in [2.45, 2.75) is 152 Å². The minimum Gasteiger partial charge on any atom is -0.391 e. The highest BCUT2D eigenvalue weighted by Crippen LogP contribution is 2.41. The Hall–Kier alpha value is -2.02. The van der Waals surface area contributed by atoms with Gasteiger partial charge in [0.05, 0.1) is 22.2 Å². The van der Waals surface area contributed by atoms with Gasteiger partial charge in [0, 0.05) is 29.6 Å². The number of aryl methyl sites for hydroxylation is 1. The monoisotopic (exact) mass is 808 g/mol. The van der Waals surface area contributed by atoms with Crippen LogP contribution in [-0.4, -0.2) is 78.9 Å². The van der Waals surface area contributed by atoms with Crippen LogP contribution in [0.5, 0.6) is 0 Å². The predicted octanol–water partition coefficient (Wildman–Crippen LogP) is 8.27. The molecule has 4 rings (SSSR count). The zero-order chi connectivity index (χ0) is 36.9. The quantitative estimate of drug-likeness (QED) is 0.0771. The summed E-state index contributed by atoms with van der Waals surface area (Å²) >= 11 is 6.67. The number of hydrogen-bond acceptors (Lipinski definition) is 7. The molecule has 0 unspecified atom stereocenters.